The fourth-order valence-corrected chi connectivity index (χ4v) is 5.16. The predicted molar refractivity (Wildman–Crippen MR) is 119 cm³/mol. The van der Waals surface area contributed by atoms with Crippen LogP contribution in [0.5, 0.6) is 11.5 Å². The first-order valence-electron chi connectivity index (χ1n) is 10.1. The summed E-state index contributed by atoms with van der Waals surface area (Å²) < 4.78 is 6.50. The smallest absolute Gasteiger partial charge is 0.229 e. The maximum Gasteiger partial charge on any atom is 0.229 e. The zero-order valence-corrected chi connectivity index (χ0v) is 17.6. The molecule has 0 spiro atoms. The highest BCUT2D eigenvalue weighted by atomic mass is 32.1. The summed E-state index contributed by atoms with van der Waals surface area (Å²) in [5.74, 6) is 1.32. The number of methoxy groups -OCH3 is 1. The van der Waals surface area contributed by atoms with E-state index in [0.29, 0.717) is 31.9 Å². The molecule has 3 aromatic rings. The number of aromatic hydroxyl groups is 1. The molecular weight excluding hydrogens is 400 g/mol. The Hall–Kier alpha value is -3.00. The second-order valence-corrected chi connectivity index (χ2v) is 8.72. The highest BCUT2D eigenvalue weighted by Crippen LogP contribution is 2.37. The quantitative estimate of drug-likeness (QED) is 0.695. The van der Waals surface area contributed by atoms with Gasteiger partial charge in [0, 0.05) is 39.3 Å². The predicted octanol–water partition coefficient (Wildman–Crippen LogP) is 2.80. The number of phenols is 1. The van der Waals surface area contributed by atoms with Crippen LogP contribution in [-0.2, 0) is 4.79 Å². The van der Waals surface area contributed by atoms with Crippen molar-refractivity contribution in [3.8, 4) is 11.5 Å². The number of anilines is 2. The van der Waals surface area contributed by atoms with Crippen LogP contribution in [0.3, 0.4) is 0 Å². The zero-order chi connectivity index (χ0) is 20.7. The van der Waals surface area contributed by atoms with E-state index in [1.54, 1.807) is 24.5 Å². The van der Waals surface area contributed by atoms with Crippen molar-refractivity contribution in [3.63, 3.8) is 0 Å². The number of piperazine rings is 1. The van der Waals surface area contributed by atoms with E-state index >= 15 is 0 Å². The summed E-state index contributed by atoms with van der Waals surface area (Å²) in [6.45, 7) is 4.25. The molecule has 0 saturated carbocycles. The number of carbonyl (C=O) groups excluding carboxylic acids is 1. The molecule has 0 unspecified atom stereocenters. The first-order chi connectivity index (χ1) is 14.6. The van der Waals surface area contributed by atoms with Gasteiger partial charge in [-0.3, -0.25) is 4.79 Å². The minimum Gasteiger partial charge on any atom is -0.506 e. The molecule has 8 heteroatoms. The first-order valence-corrected chi connectivity index (χ1v) is 11.0. The Morgan fingerprint density at radius 1 is 1.07 bits per heavy atom. The normalized spacial score (nSPS) is 17.3. The molecule has 2 aliphatic rings. The molecule has 3 heterocycles. The second kappa shape index (κ2) is 7.68. The number of carbonyl (C=O) groups is 1. The number of nitrogens with zero attached hydrogens (tertiary/aromatic N) is 4. The van der Waals surface area contributed by atoms with Gasteiger partial charge in [0.2, 0.25) is 5.91 Å². The Kier molecular flexibility index (Phi) is 4.86. The maximum absolute atomic E-state index is 12.9. The molecule has 30 heavy (non-hydrogen) atoms. The van der Waals surface area contributed by atoms with Crippen LogP contribution in [0.2, 0.25) is 0 Å². The molecule has 1 amide bonds. The van der Waals surface area contributed by atoms with E-state index in [4.69, 9.17) is 9.72 Å². The number of benzene rings is 2. The standard InChI is InChI=1S/C22H24N4O3S/c1-29-18-7-4-8-19-20(18)23-22(30-19)26-13-15(14-26)21(28)25-11-9-24(10-12-25)16-5-2-3-6-17(16)27/h2-8,15,27H,9-14H2,1H3. The Balaban J connectivity index is 1.18. The third-order valence-electron chi connectivity index (χ3n) is 5.91. The van der Waals surface area contributed by atoms with Gasteiger partial charge < -0.3 is 24.5 Å². The molecule has 156 valence electrons. The summed E-state index contributed by atoms with van der Waals surface area (Å²) in [6, 6.07) is 13.3. The largest absolute Gasteiger partial charge is 0.506 e. The van der Waals surface area contributed by atoms with E-state index < -0.39 is 0 Å². The molecule has 0 radical (unpaired) electrons. The second-order valence-electron chi connectivity index (χ2n) is 7.71. The average Bonchev–Trinajstić information content (AvgIpc) is 3.17. The molecule has 2 saturated heterocycles. The van der Waals surface area contributed by atoms with Crippen LogP contribution >= 0.6 is 11.3 Å². The van der Waals surface area contributed by atoms with Crippen molar-refractivity contribution < 1.29 is 14.6 Å². The monoisotopic (exact) mass is 424 g/mol. The molecule has 0 bridgehead atoms. The van der Waals surface area contributed by atoms with Crippen LogP contribution < -0.4 is 14.5 Å². The molecule has 2 fully saturated rings. The van der Waals surface area contributed by atoms with Gasteiger partial charge in [0.15, 0.2) is 5.13 Å². The van der Waals surface area contributed by atoms with E-state index in [9.17, 15) is 9.90 Å². The third-order valence-corrected chi connectivity index (χ3v) is 6.99. The van der Waals surface area contributed by atoms with Gasteiger partial charge in [-0.05, 0) is 24.3 Å². The van der Waals surface area contributed by atoms with Gasteiger partial charge >= 0.3 is 0 Å². The Labute approximate surface area is 179 Å². The van der Waals surface area contributed by atoms with E-state index in [-0.39, 0.29) is 11.8 Å². The number of hydrogen-bond acceptors (Lipinski definition) is 7. The lowest BCUT2D eigenvalue weighted by molar-refractivity contribution is -0.136. The molecule has 2 aliphatic heterocycles. The molecule has 2 aromatic carbocycles. The van der Waals surface area contributed by atoms with Gasteiger partial charge in [0.05, 0.1) is 23.4 Å². The van der Waals surface area contributed by atoms with E-state index in [1.807, 2.05) is 41.3 Å². The van der Waals surface area contributed by atoms with E-state index in [0.717, 1.165) is 39.9 Å². The molecule has 0 aliphatic carbocycles. The minimum atomic E-state index is 0.0237. The van der Waals surface area contributed by atoms with Crippen LogP contribution in [-0.4, -0.2) is 67.3 Å². The molecular formula is C22H24N4O3S. The zero-order valence-electron chi connectivity index (χ0n) is 16.8. The molecule has 7 nitrogen and oxygen atoms in total. The minimum absolute atomic E-state index is 0.0237. The van der Waals surface area contributed by atoms with E-state index in [2.05, 4.69) is 9.80 Å². The van der Waals surface area contributed by atoms with Gasteiger partial charge in [-0.15, -0.1) is 0 Å². The number of rotatable bonds is 4. The molecule has 1 N–H and O–H groups in total. The highest BCUT2D eigenvalue weighted by Gasteiger charge is 2.37. The number of ether oxygens (including phenoxy) is 1. The number of thiazole rings is 1. The fraction of sp³-hybridized carbons (Fsp3) is 0.364. The number of fused-ring (bicyclic) bond motifs is 1. The lowest BCUT2D eigenvalue weighted by Crippen LogP contribution is -2.58. The highest BCUT2D eigenvalue weighted by molar-refractivity contribution is 7.22. The molecule has 1 aromatic heterocycles. The summed E-state index contributed by atoms with van der Waals surface area (Å²) in [7, 11) is 1.66. The lowest BCUT2D eigenvalue weighted by atomic mass is 9.99. The van der Waals surface area contributed by atoms with Crippen molar-refractivity contribution >= 4 is 38.3 Å². The van der Waals surface area contributed by atoms with Gasteiger partial charge in [-0.1, -0.05) is 29.5 Å². The summed E-state index contributed by atoms with van der Waals surface area (Å²) in [5, 5.41) is 11.0. The number of phenolic OH excluding ortho intramolecular Hbond substituents is 1. The van der Waals surface area contributed by atoms with Crippen molar-refractivity contribution in [3.05, 3.63) is 42.5 Å². The van der Waals surface area contributed by atoms with Crippen molar-refractivity contribution in [2.45, 2.75) is 0 Å². The van der Waals surface area contributed by atoms with Gasteiger partial charge in [0.25, 0.3) is 0 Å². The first kappa shape index (κ1) is 19.0. The summed E-state index contributed by atoms with van der Waals surface area (Å²) in [5.41, 5.74) is 1.72. The van der Waals surface area contributed by atoms with Crippen LogP contribution in [0.15, 0.2) is 42.5 Å². The Morgan fingerprint density at radius 3 is 2.57 bits per heavy atom. The van der Waals surface area contributed by atoms with Crippen LogP contribution in [0.1, 0.15) is 0 Å². The Morgan fingerprint density at radius 2 is 1.83 bits per heavy atom. The molecule has 5 rings (SSSR count). The summed E-state index contributed by atoms with van der Waals surface area (Å²) in [4.78, 5) is 23.9. The topological polar surface area (TPSA) is 69.1 Å². The number of hydrogen-bond donors (Lipinski definition) is 1. The average molecular weight is 425 g/mol. The van der Waals surface area contributed by atoms with Crippen LogP contribution in [0.25, 0.3) is 10.2 Å². The fourth-order valence-electron chi connectivity index (χ4n) is 4.16. The van der Waals surface area contributed by atoms with Crippen molar-refractivity contribution in [2.75, 3.05) is 56.2 Å². The summed E-state index contributed by atoms with van der Waals surface area (Å²) >= 11 is 1.64. The van der Waals surface area contributed by atoms with Crippen molar-refractivity contribution in [1.29, 1.82) is 0 Å². The van der Waals surface area contributed by atoms with Crippen molar-refractivity contribution in [2.24, 2.45) is 5.92 Å². The van der Waals surface area contributed by atoms with Gasteiger partial charge in [-0.2, -0.15) is 0 Å². The van der Waals surface area contributed by atoms with Crippen LogP contribution in [0, 0.1) is 5.92 Å². The SMILES string of the molecule is COc1cccc2sc(N3CC(C(=O)N4CCN(c5ccccc5O)CC4)C3)nc12. The summed E-state index contributed by atoms with van der Waals surface area (Å²) in [6.07, 6.45) is 0. The van der Waals surface area contributed by atoms with Crippen LogP contribution in [0.4, 0.5) is 10.8 Å². The number of amides is 1. The number of para-hydroxylation sites is 3. The Bertz CT molecular complexity index is 1070. The van der Waals surface area contributed by atoms with Gasteiger partial charge in [0.1, 0.15) is 17.0 Å². The molecule has 0 atom stereocenters. The maximum atomic E-state index is 12.9. The van der Waals surface area contributed by atoms with Crippen molar-refractivity contribution in [1.82, 2.24) is 9.88 Å². The third kappa shape index (κ3) is 3.31. The lowest BCUT2D eigenvalue weighted by Gasteiger charge is -2.43. The van der Waals surface area contributed by atoms with E-state index in [1.165, 1.54) is 0 Å². The van der Waals surface area contributed by atoms with Gasteiger partial charge in [-0.25, -0.2) is 4.98 Å². The number of aromatic nitrogens is 1.